The fraction of sp³-hybridized carbons (Fsp3) is 0.405. The number of rotatable bonds is 15. The van der Waals surface area contributed by atoms with Crippen LogP contribution in [0.25, 0.3) is 11.6 Å². The molecule has 2 aromatic heterocycles. The number of carbonyl (C=O) groups is 2. The minimum atomic E-state index is -5.31. The van der Waals surface area contributed by atoms with E-state index < -0.39 is 101 Å². The van der Waals surface area contributed by atoms with Gasteiger partial charge in [0.1, 0.15) is 28.7 Å². The number of benzene rings is 2. The number of hydrogen-bond donors (Lipinski definition) is 0. The molecule has 2 heterocycles. The predicted octanol–water partition coefficient (Wildman–Crippen LogP) is 11.5. The zero-order valence-electron chi connectivity index (χ0n) is 33.7. The number of halogens is 7. The van der Waals surface area contributed by atoms with Crippen molar-refractivity contribution >= 4 is 17.9 Å². The maximum Gasteiger partial charge on any atom is 0.426 e. The molecule has 4 rings (SSSR count). The van der Waals surface area contributed by atoms with E-state index >= 15 is 26.3 Å². The average Bonchev–Trinajstić information content (AvgIpc) is 3.62. The Labute approximate surface area is 342 Å². The lowest BCUT2D eigenvalue weighted by Gasteiger charge is -2.32. The number of anilines is 1. The van der Waals surface area contributed by atoms with Gasteiger partial charge in [-0.05, 0) is 83.7 Å². The lowest BCUT2D eigenvalue weighted by Crippen LogP contribution is -2.45. The smallest absolute Gasteiger partial charge is 0.426 e. The Bertz CT molecular complexity index is 2080. The van der Waals surface area contributed by atoms with Gasteiger partial charge >= 0.3 is 24.5 Å². The third-order valence-corrected chi connectivity index (χ3v) is 8.21. The molecule has 0 N–H and O–H groups in total. The molecular formula is C42H45F7N4O7. The minimum Gasteiger partial charge on any atom is -0.473 e. The molecule has 0 aliphatic rings. The molecule has 2 amide bonds. The number of nitrogens with zero attached hydrogens (tertiary/aromatic N) is 4. The van der Waals surface area contributed by atoms with Crippen LogP contribution in [0.15, 0.2) is 90.4 Å². The summed E-state index contributed by atoms with van der Waals surface area (Å²) in [6.45, 7) is 15.0. The van der Waals surface area contributed by atoms with Gasteiger partial charge in [-0.25, -0.2) is 19.0 Å². The molecule has 2 aromatic carbocycles. The highest BCUT2D eigenvalue weighted by Gasteiger charge is 2.61. The van der Waals surface area contributed by atoms with Gasteiger partial charge in [0.25, 0.3) is 11.8 Å². The molecule has 60 heavy (non-hydrogen) atoms. The van der Waals surface area contributed by atoms with Crippen molar-refractivity contribution in [2.24, 2.45) is 0 Å². The number of amides is 2. The van der Waals surface area contributed by atoms with Crippen molar-refractivity contribution in [2.75, 3.05) is 4.90 Å². The van der Waals surface area contributed by atoms with Crippen LogP contribution in [0.1, 0.15) is 83.4 Å². The van der Waals surface area contributed by atoms with Crippen LogP contribution in [-0.4, -0.2) is 50.9 Å². The van der Waals surface area contributed by atoms with Crippen molar-refractivity contribution < 1.29 is 63.7 Å². The van der Waals surface area contributed by atoms with Crippen LogP contribution >= 0.6 is 0 Å². The van der Waals surface area contributed by atoms with E-state index in [1.54, 1.807) is 18.2 Å². The van der Waals surface area contributed by atoms with Crippen molar-refractivity contribution in [1.82, 2.24) is 15.2 Å². The fourth-order valence-electron chi connectivity index (χ4n) is 5.55. The highest BCUT2D eigenvalue weighted by molar-refractivity contribution is 6.11. The number of hydrogen-bond acceptors (Lipinski definition) is 10. The SMILES string of the molecule is C=CCC[C@@](OCc1ccccc1)(c1nnc(-c2nc(OC(CC=C)Cc3ccc(F)cc3)c(C(F)(F)F)cc2N(C(=O)OC(C)(C)C)C(=O)OC(C)(C)C)o1)C(F)(F)F. The number of imide groups is 1. The molecule has 4 aromatic rings. The number of allylic oxidation sites excluding steroid dienone is 1. The Morgan fingerprint density at radius 2 is 1.43 bits per heavy atom. The van der Waals surface area contributed by atoms with Gasteiger partial charge in [-0.15, -0.1) is 23.4 Å². The Hall–Kier alpha value is -5.78. The second kappa shape index (κ2) is 18.6. The van der Waals surface area contributed by atoms with Crippen LogP contribution in [0, 0.1) is 5.82 Å². The molecule has 0 saturated carbocycles. The standard InChI is InChI=1S/C42H45F7N4O7/c1-9-11-22-40(42(47,48)49,56-25-27-16-13-12-14-17-27)35-52-51-34(58-35)32-31(53(36(54)59-38(3,4)5)37(55)60-39(6,7)8)24-30(41(44,45)46)33(50-32)57-29(15-10-2)23-26-18-20-28(43)21-19-26/h9-10,12-14,16-21,24,29H,1-2,11,15,22-23,25H2,3-8H3/t29?,40-/m1/s1. The molecule has 0 bridgehead atoms. The number of alkyl halides is 6. The highest BCUT2D eigenvalue weighted by atomic mass is 19.4. The Morgan fingerprint density at radius 3 is 1.95 bits per heavy atom. The van der Waals surface area contributed by atoms with Gasteiger partial charge in [0.2, 0.25) is 11.5 Å². The molecule has 2 atom stereocenters. The Balaban J connectivity index is 2.05. The first-order valence-electron chi connectivity index (χ1n) is 18.5. The zero-order chi connectivity index (χ0) is 44.7. The van der Waals surface area contributed by atoms with E-state index in [2.05, 4.69) is 28.3 Å². The van der Waals surface area contributed by atoms with Gasteiger partial charge < -0.3 is 23.4 Å². The molecule has 0 saturated heterocycles. The van der Waals surface area contributed by atoms with E-state index in [1.807, 2.05) is 0 Å². The number of aromatic nitrogens is 3. The molecule has 11 nitrogen and oxygen atoms in total. The van der Waals surface area contributed by atoms with Crippen LogP contribution < -0.4 is 9.64 Å². The summed E-state index contributed by atoms with van der Waals surface area (Å²) in [5, 5.41) is 7.43. The summed E-state index contributed by atoms with van der Waals surface area (Å²) in [5.41, 5.74) is -8.76. The first-order valence-corrected chi connectivity index (χ1v) is 18.5. The molecule has 18 heteroatoms. The summed E-state index contributed by atoms with van der Waals surface area (Å²) in [4.78, 5) is 31.8. The van der Waals surface area contributed by atoms with E-state index in [9.17, 15) is 14.0 Å². The topological polar surface area (TPSA) is 126 Å². The zero-order valence-corrected chi connectivity index (χ0v) is 33.7. The second-order valence-electron chi connectivity index (χ2n) is 15.4. The predicted molar refractivity (Wildman–Crippen MR) is 205 cm³/mol. The van der Waals surface area contributed by atoms with Crippen molar-refractivity contribution in [3.8, 4) is 17.5 Å². The largest absolute Gasteiger partial charge is 0.473 e. The maximum absolute atomic E-state index is 15.3. The molecule has 1 unspecified atom stereocenters. The minimum absolute atomic E-state index is 0.0732. The van der Waals surface area contributed by atoms with Crippen molar-refractivity contribution in [2.45, 2.75) is 109 Å². The van der Waals surface area contributed by atoms with Gasteiger partial charge in [0.15, 0.2) is 5.69 Å². The van der Waals surface area contributed by atoms with Gasteiger partial charge in [0, 0.05) is 12.8 Å². The van der Waals surface area contributed by atoms with E-state index in [0.717, 1.165) is 12.1 Å². The van der Waals surface area contributed by atoms with Gasteiger partial charge in [-0.3, -0.25) is 0 Å². The number of pyridine rings is 1. The average molecular weight is 851 g/mol. The van der Waals surface area contributed by atoms with Gasteiger partial charge in [-0.2, -0.15) is 31.2 Å². The quantitative estimate of drug-likeness (QED) is 0.0842. The number of ether oxygens (including phenoxy) is 4. The van der Waals surface area contributed by atoms with Gasteiger partial charge in [-0.1, -0.05) is 54.6 Å². The number of carbonyl (C=O) groups excluding carboxylic acids is 2. The second-order valence-corrected chi connectivity index (χ2v) is 15.4. The molecule has 0 aliphatic heterocycles. The highest BCUT2D eigenvalue weighted by Crippen LogP contribution is 2.48. The Kier molecular flexibility index (Phi) is 14.6. The monoisotopic (exact) mass is 850 g/mol. The van der Waals surface area contributed by atoms with Crippen LogP contribution in [0.2, 0.25) is 0 Å². The normalized spacial score (nSPS) is 13.8. The van der Waals surface area contributed by atoms with Crippen LogP contribution in [-0.2, 0) is 39.0 Å². The lowest BCUT2D eigenvalue weighted by atomic mass is 9.96. The van der Waals surface area contributed by atoms with Crippen LogP contribution in [0.5, 0.6) is 5.88 Å². The van der Waals surface area contributed by atoms with Crippen molar-refractivity contribution in [3.05, 3.63) is 114 Å². The summed E-state index contributed by atoms with van der Waals surface area (Å²) in [6, 6.07) is 13.2. The summed E-state index contributed by atoms with van der Waals surface area (Å²) >= 11 is 0. The van der Waals surface area contributed by atoms with Gasteiger partial charge in [0.05, 0.1) is 12.3 Å². The Morgan fingerprint density at radius 1 is 0.833 bits per heavy atom. The summed E-state index contributed by atoms with van der Waals surface area (Å²) in [7, 11) is 0. The molecular weight excluding hydrogens is 805 g/mol. The summed E-state index contributed by atoms with van der Waals surface area (Å²) in [5.74, 6) is -3.88. The third-order valence-electron chi connectivity index (χ3n) is 8.21. The van der Waals surface area contributed by atoms with Crippen LogP contribution in [0.4, 0.5) is 46.0 Å². The summed E-state index contributed by atoms with van der Waals surface area (Å²) in [6.07, 6.45) is -13.5. The maximum atomic E-state index is 15.3. The first kappa shape index (κ1) is 46.9. The molecule has 0 spiro atoms. The van der Waals surface area contributed by atoms with E-state index in [0.29, 0.717) is 17.2 Å². The lowest BCUT2D eigenvalue weighted by molar-refractivity contribution is -0.299. The molecule has 0 aliphatic carbocycles. The summed E-state index contributed by atoms with van der Waals surface area (Å²) < 4.78 is 133. The molecule has 0 radical (unpaired) electrons. The van der Waals surface area contributed by atoms with Crippen molar-refractivity contribution in [1.29, 1.82) is 0 Å². The first-order chi connectivity index (χ1) is 27.9. The fourth-order valence-corrected chi connectivity index (χ4v) is 5.55. The van der Waals surface area contributed by atoms with Crippen LogP contribution in [0.3, 0.4) is 0 Å². The third kappa shape index (κ3) is 12.1. The van der Waals surface area contributed by atoms with E-state index in [-0.39, 0.29) is 24.2 Å². The molecule has 0 fully saturated rings. The molecule has 324 valence electrons. The van der Waals surface area contributed by atoms with E-state index in [1.165, 1.54) is 78.0 Å². The van der Waals surface area contributed by atoms with E-state index in [4.69, 9.17) is 23.4 Å². The van der Waals surface area contributed by atoms with Crippen molar-refractivity contribution in [3.63, 3.8) is 0 Å².